The van der Waals surface area contributed by atoms with Crippen LogP contribution in [0, 0.1) is 52.3 Å². The van der Waals surface area contributed by atoms with Crippen molar-refractivity contribution in [3.05, 3.63) is 0 Å². The lowest BCUT2D eigenvalue weighted by Crippen LogP contribution is -2.61. The first-order valence-electron chi connectivity index (χ1n) is 17.6. The second kappa shape index (κ2) is 11.9. The van der Waals surface area contributed by atoms with Crippen LogP contribution in [-0.4, -0.2) is 61.9 Å². The molecule has 2 saturated heterocycles. The summed E-state index contributed by atoms with van der Waals surface area (Å²) in [5.41, 5.74) is -0.881. The van der Waals surface area contributed by atoms with Crippen molar-refractivity contribution in [1.29, 1.82) is 0 Å². The Balaban J connectivity index is 1.30. The van der Waals surface area contributed by atoms with Gasteiger partial charge < -0.3 is 14.2 Å². The first-order valence-corrected chi connectivity index (χ1v) is 20.4. The topological polar surface area (TPSA) is 155 Å². The largest absolute Gasteiger partial charge is 0.397 e. The van der Waals surface area contributed by atoms with E-state index in [1.165, 1.54) is 0 Å². The standard InChI is InChI=1S/C33H56O11S2/c1-8-13-33-40-26-17-24-22-11-10-21-16-25(42-45(34,35)36)27(43-46(37,38)39)18-31(21,6)23(22)12-14-30(24,5)29(26)32(7,44-33)28(41-33)15-20(9-2)19(3)4/h19-29H,8-18H2,1-7H3,(H,34,35,36)(H,37,38,39)/t20-,21-,22+,23-,24-,25-,26-,27-,28+,29-,30-,31-,32-,33-/m0/s1. The molecule has 2 aliphatic heterocycles. The van der Waals surface area contributed by atoms with Gasteiger partial charge in [0.2, 0.25) is 0 Å². The minimum atomic E-state index is -4.89. The van der Waals surface area contributed by atoms with E-state index in [0.29, 0.717) is 30.1 Å². The van der Waals surface area contributed by atoms with E-state index in [2.05, 4.69) is 48.5 Å². The van der Waals surface area contributed by atoms with Gasteiger partial charge in [-0.05, 0) is 111 Å². The Morgan fingerprint density at radius 2 is 1.54 bits per heavy atom. The molecule has 0 amide bonds. The molecule has 0 radical (unpaired) electrons. The number of hydrogen-bond acceptors (Lipinski definition) is 9. The van der Waals surface area contributed by atoms with E-state index in [9.17, 15) is 25.9 Å². The molecule has 2 N–H and O–H groups in total. The van der Waals surface area contributed by atoms with Gasteiger partial charge in [0.1, 0.15) is 17.8 Å². The van der Waals surface area contributed by atoms with Crippen LogP contribution in [0.5, 0.6) is 0 Å². The summed E-state index contributed by atoms with van der Waals surface area (Å²) in [6, 6.07) is 0. The Morgan fingerprint density at radius 1 is 0.870 bits per heavy atom. The van der Waals surface area contributed by atoms with Crippen molar-refractivity contribution in [2.24, 2.45) is 52.3 Å². The highest BCUT2D eigenvalue weighted by atomic mass is 32.3. The Hall–Kier alpha value is -0.380. The predicted molar refractivity (Wildman–Crippen MR) is 169 cm³/mol. The highest BCUT2D eigenvalue weighted by Crippen LogP contribution is 2.72. The minimum Gasteiger partial charge on any atom is -0.324 e. The number of fused-ring (bicyclic) bond motifs is 10. The summed E-state index contributed by atoms with van der Waals surface area (Å²) in [6.45, 7) is 15.9. The van der Waals surface area contributed by atoms with Gasteiger partial charge in [-0.1, -0.05) is 48.0 Å². The van der Waals surface area contributed by atoms with Crippen LogP contribution >= 0.6 is 0 Å². The van der Waals surface area contributed by atoms with Crippen molar-refractivity contribution in [2.75, 3.05) is 0 Å². The molecule has 2 heterocycles. The monoisotopic (exact) mass is 692 g/mol. The molecule has 6 rings (SSSR count). The van der Waals surface area contributed by atoms with Gasteiger partial charge in [-0.15, -0.1) is 0 Å². The molecule has 46 heavy (non-hydrogen) atoms. The zero-order chi connectivity index (χ0) is 33.7. The van der Waals surface area contributed by atoms with Crippen molar-refractivity contribution >= 4 is 20.8 Å². The molecule has 2 bridgehead atoms. The summed E-state index contributed by atoms with van der Waals surface area (Å²) in [4.78, 5) is 0. The number of ether oxygens (including phenoxy) is 3. The summed E-state index contributed by atoms with van der Waals surface area (Å²) in [7, 11) is -9.74. The maximum Gasteiger partial charge on any atom is 0.397 e. The molecule has 4 aliphatic carbocycles. The summed E-state index contributed by atoms with van der Waals surface area (Å²) >= 11 is 0. The second-order valence-electron chi connectivity index (χ2n) is 16.6. The fraction of sp³-hybridized carbons (Fsp3) is 1.00. The molecule has 6 fully saturated rings. The molecular weight excluding hydrogens is 636 g/mol. The van der Waals surface area contributed by atoms with Gasteiger partial charge in [-0.2, -0.15) is 16.8 Å². The summed E-state index contributed by atoms with van der Waals surface area (Å²) in [5.74, 6) is 1.26. The first kappa shape index (κ1) is 35.4. The summed E-state index contributed by atoms with van der Waals surface area (Å²) < 4.78 is 96.8. The Kier molecular flexibility index (Phi) is 9.14. The van der Waals surface area contributed by atoms with E-state index in [1.807, 2.05) is 0 Å². The molecule has 0 aromatic heterocycles. The maximum absolute atomic E-state index is 11.8. The summed E-state index contributed by atoms with van der Waals surface area (Å²) in [6.07, 6.45) is 6.17. The highest BCUT2D eigenvalue weighted by molar-refractivity contribution is 7.81. The van der Waals surface area contributed by atoms with Crippen molar-refractivity contribution in [3.63, 3.8) is 0 Å². The molecule has 6 aliphatic rings. The minimum absolute atomic E-state index is 0.0169. The predicted octanol–water partition coefficient (Wildman–Crippen LogP) is 6.34. The Labute approximate surface area is 276 Å². The third kappa shape index (κ3) is 5.93. The van der Waals surface area contributed by atoms with Crippen LogP contribution < -0.4 is 0 Å². The number of hydrogen-bond donors (Lipinski definition) is 2. The highest BCUT2D eigenvalue weighted by Gasteiger charge is 2.74. The molecule has 4 saturated carbocycles. The van der Waals surface area contributed by atoms with Gasteiger partial charge in [-0.3, -0.25) is 9.11 Å². The van der Waals surface area contributed by atoms with E-state index in [-0.39, 0.29) is 53.6 Å². The van der Waals surface area contributed by atoms with Crippen molar-refractivity contribution < 1.29 is 48.5 Å². The van der Waals surface area contributed by atoms with Crippen LogP contribution in [-0.2, 0) is 43.4 Å². The normalized spacial score (nSPS) is 49.2. The van der Waals surface area contributed by atoms with Gasteiger partial charge >= 0.3 is 20.8 Å². The van der Waals surface area contributed by atoms with Crippen LogP contribution in [0.4, 0.5) is 0 Å². The van der Waals surface area contributed by atoms with Crippen molar-refractivity contribution in [2.45, 2.75) is 155 Å². The van der Waals surface area contributed by atoms with E-state index in [4.69, 9.17) is 22.6 Å². The van der Waals surface area contributed by atoms with Gasteiger partial charge in [0.25, 0.3) is 5.97 Å². The van der Waals surface area contributed by atoms with E-state index in [0.717, 1.165) is 51.4 Å². The van der Waals surface area contributed by atoms with Gasteiger partial charge in [0, 0.05) is 12.3 Å². The maximum atomic E-state index is 11.8. The molecule has 13 heteroatoms. The van der Waals surface area contributed by atoms with Crippen molar-refractivity contribution in [3.8, 4) is 0 Å². The van der Waals surface area contributed by atoms with E-state index in [1.54, 1.807) is 0 Å². The van der Waals surface area contributed by atoms with Crippen LogP contribution in [0.25, 0.3) is 0 Å². The van der Waals surface area contributed by atoms with E-state index >= 15 is 0 Å². The molecule has 11 nitrogen and oxygen atoms in total. The lowest BCUT2D eigenvalue weighted by molar-refractivity contribution is -0.403. The lowest BCUT2D eigenvalue weighted by Gasteiger charge is -2.62. The lowest BCUT2D eigenvalue weighted by atomic mass is 9.44. The molecule has 0 aromatic carbocycles. The SMILES string of the molecule is CCC[C@@]12O[C@H]3C[C@H]4[C@@H]5CC[C@H]6C[C@H](OS(=O)(=O)O)[C@@H](OS(=O)(=O)O)C[C@]6(C)[C@H]5CC[C@]4(C)[C@H]3[C@@](C)(O1)[C@@H](C[C@H](CC)C(C)C)O2. The molecular formula is C33H56O11S2. The second-order valence-corrected chi connectivity index (χ2v) is 18.7. The Bertz CT molecular complexity index is 1370. The average molecular weight is 693 g/mol. The first-order chi connectivity index (χ1) is 21.3. The fourth-order valence-corrected chi connectivity index (χ4v) is 13.1. The molecule has 266 valence electrons. The van der Waals surface area contributed by atoms with Crippen molar-refractivity contribution in [1.82, 2.24) is 0 Å². The van der Waals surface area contributed by atoms with Crippen LogP contribution in [0.1, 0.15) is 119 Å². The number of rotatable bonds is 10. The van der Waals surface area contributed by atoms with E-state index < -0.39 is 44.6 Å². The fourth-order valence-electron chi connectivity index (χ4n) is 12.1. The van der Waals surface area contributed by atoms with Gasteiger partial charge in [0.05, 0.1) is 12.2 Å². The Morgan fingerprint density at radius 3 is 2.15 bits per heavy atom. The van der Waals surface area contributed by atoms with Crippen LogP contribution in [0.2, 0.25) is 0 Å². The third-order valence-corrected chi connectivity index (χ3v) is 14.9. The van der Waals surface area contributed by atoms with Gasteiger partial charge in [-0.25, -0.2) is 8.37 Å². The third-order valence-electron chi connectivity index (χ3n) is 14.0. The average Bonchev–Trinajstić information content (AvgIpc) is 3.33. The molecule has 0 unspecified atom stereocenters. The van der Waals surface area contributed by atoms with Crippen LogP contribution in [0.15, 0.2) is 0 Å². The molecule has 0 aromatic rings. The zero-order valence-corrected chi connectivity index (χ0v) is 30.1. The summed E-state index contributed by atoms with van der Waals surface area (Å²) in [5, 5.41) is 0. The molecule has 0 spiro atoms. The smallest absolute Gasteiger partial charge is 0.324 e. The van der Waals surface area contributed by atoms with Gasteiger partial charge in [0.15, 0.2) is 0 Å². The zero-order valence-electron chi connectivity index (χ0n) is 28.5. The quantitative estimate of drug-likeness (QED) is 0.247. The van der Waals surface area contributed by atoms with Crippen LogP contribution in [0.3, 0.4) is 0 Å². The molecule has 14 atom stereocenters.